The molecule has 1 aliphatic carbocycles. The summed E-state index contributed by atoms with van der Waals surface area (Å²) in [6.07, 6.45) is 0.842. The number of hydrogen-bond acceptors (Lipinski definition) is 1. The van der Waals surface area contributed by atoms with E-state index >= 15 is 0 Å². The van der Waals surface area contributed by atoms with Crippen molar-refractivity contribution in [2.45, 2.75) is 49.2 Å². The van der Waals surface area contributed by atoms with Gasteiger partial charge in [-0.25, -0.2) is 8.93 Å². The van der Waals surface area contributed by atoms with Gasteiger partial charge in [0.1, 0.15) is 0 Å². The molecule has 1 saturated carbocycles. The van der Waals surface area contributed by atoms with Gasteiger partial charge in [-0.1, -0.05) is 19.3 Å². The Morgan fingerprint density at radius 3 is 2.15 bits per heavy atom. The van der Waals surface area contributed by atoms with E-state index in [1.807, 2.05) is 0 Å². The molecule has 112 valence electrons. The summed E-state index contributed by atoms with van der Waals surface area (Å²) in [4.78, 5) is 0.316. The average molecular weight is 305 g/mol. The van der Waals surface area contributed by atoms with Gasteiger partial charge in [0.05, 0.1) is 15.3 Å². The molecule has 1 fully saturated rings. The largest absolute Gasteiger partial charge is 0.416 e. The smallest absolute Gasteiger partial charge is 0.248 e. The zero-order chi connectivity index (χ0) is 14.8. The number of benzene rings is 1. The van der Waals surface area contributed by atoms with Crippen LogP contribution in [0, 0.1) is 0 Å². The predicted octanol–water partition coefficient (Wildman–Crippen LogP) is 3.62. The van der Waals surface area contributed by atoms with Crippen LogP contribution in [-0.2, 0) is 15.9 Å². The van der Waals surface area contributed by atoms with Gasteiger partial charge in [0, 0.05) is 10.9 Å². The first-order chi connectivity index (χ1) is 9.29. The van der Waals surface area contributed by atoms with E-state index in [0.717, 1.165) is 37.8 Å². The van der Waals surface area contributed by atoms with Crippen molar-refractivity contribution in [3.63, 3.8) is 0 Å². The van der Waals surface area contributed by atoms with E-state index in [1.54, 1.807) is 0 Å². The van der Waals surface area contributed by atoms with Crippen molar-refractivity contribution in [1.82, 2.24) is 4.72 Å². The van der Waals surface area contributed by atoms with E-state index in [4.69, 9.17) is 0 Å². The number of rotatable bonds is 3. The van der Waals surface area contributed by atoms with Crippen LogP contribution in [0.4, 0.5) is 13.2 Å². The Labute approximate surface area is 117 Å². The van der Waals surface area contributed by atoms with Gasteiger partial charge < -0.3 is 0 Å². The highest BCUT2D eigenvalue weighted by Gasteiger charge is 2.30. The molecule has 2 nitrogen and oxygen atoms in total. The zero-order valence-corrected chi connectivity index (χ0v) is 11.9. The highest BCUT2D eigenvalue weighted by Crippen LogP contribution is 2.29. The molecule has 1 aliphatic rings. The van der Waals surface area contributed by atoms with Crippen molar-refractivity contribution in [2.24, 2.45) is 0 Å². The first-order valence-corrected chi connectivity index (χ1v) is 8.33. The van der Waals surface area contributed by atoms with Gasteiger partial charge in [0.25, 0.3) is 0 Å². The van der Waals surface area contributed by atoms with Gasteiger partial charge in [-0.15, -0.1) is 0 Å². The fourth-order valence-corrected chi connectivity index (χ4v) is 3.91. The fraction of sp³-hybridized carbons (Fsp3) is 0.500. The number of alkyl halides is 3. The Kier molecular flexibility index (Phi) is 4.44. The van der Waals surface area contributed by atoms with Crippen LogP contribution in [0.3, 0.4) is 0 Å². The van der Waals surface area contributed by atoms with Crippen molar-refractivity contribution in [3.8, 4) is 0 Å². The molecule has 6 heteroatoms. The summed E-state index contributed by atoms with van der Waals surface area (Å²) in [5.74, 6) is 3.66. The quantitative estimate of drug-likeness (QED) is 0.849. The minimum atomic E-state index is -4.38. The zero-order valence-electron chi connectivity index (χ0n) is 11.1. The van der Waals surface area contributed by atoms with Crippen molar-refractivity contribution in [3.05, 3.63) is 29.8 Å². The molecule has 1 atom stereocenters. The second-order valence-corrected chi connectivity index (χ2v) is 7.21. The number of hydrogen-bond donors (Lipinski definition) is 1. The summed E-state index contributed by atoms with van der Waals surface area (Å²) >= 11 is 0. The van der Waals surface area contributed by atoms with Crippen molar-refractivity contribution >= 4 is 15.6 Å². The molecular weight excluding hydrogens is 287 g/mol. The van der Waals surface area contributed by atoms with Gasteiger partial charge >= 0.3 is 6.18 Å². The monoisotopic (exact) mass is 305 g/mol. The molecule has 0 radical (unpaired) electrons. The summed E-state index contributed by atoms with van der Waals surface area (Å²) < 4.78 is 53.0. The van der Waals surface area contributed by atoms with E-state index in [1.165, 1.54) is 18.6 Å². The number of halogens is 3. The summed E-state index contributed by atoms with van der Waals surface area (Å²) in [6.45, 7) is 0. The second kappa shape index (κ2) is 5.77. The molecule has 2 rings (SSSR count). The molecule has 0 aromatic heterocycles. The van der Waals surface area contributed by atoms with Crippen LogP contribution in [0.25, 0.3) is 0 Å². The van der Waals surface area contributed by atoms with Gasteiger partial charge in [-0.3, -0.25) is 0 Å². The lowest BCUT2D eigenvalue weighted by atomic mass is 9.96. The Morgan fingerprint density at radius 1 is 1.10 bits per heavy atom. The standard InChI is InChI=1S/C14H18F3NOS/c1-20(19,18-12-5-3-2-4-6-12)13-9-7-11(8-10-13)14(15,16)17/h7-10,12H,1-6H2,(H,18,19). The molecule has 1 aromatic rings. The maximum atomic E-state index is 12.5. The van der Waals surface area contributed by atoms with Crippen LogP contribution in [0.1, 0.15) is 37.7 Å². The van der Waals surface area contributed by atoms with Crippen LogP contribution in [-0.4, -0.2) is 16.1 Å². The van der Waals surface area contributed by atoms with Gasteiger partial charge in [0.2, 0.25) is 0 Å². The third-order valence-electron chi connectivity index (χ3n) is 3.52. The molecule has 0 heterocycles. The summed E-state index contributed by atoms with van der Waals surface area (Å²) in [7, 11) is -2.74. The summed E-state index contributed by atoms with van der Waals surface area (Å²) in [6, 6.07) is 4.52. The molecule has 1 N–H and O–H groups in total. The van der Waals surface area contributed by atoms with Gasteiger partial charge in [0.15, 0.2) is 0 Å². The normalized spacial score (nSPS) is 20.6. The molecule has 1 unspecified atom stereocenters. The van der Waals surface area contributed by atoms with Crippen LogP contribution < -0.4 is 4.72 Å². The topological polar surface area (TPSA) is 29.1 Å². The molecule has 0 saturated heterocycles. The molecule has 0 amide bonds. The molecule has 1 aromatic carbocycles. The minimum Gasteiger partial charge on any atom is -0.248 e. The first-order valence-electron chi connectivity index (χ1n) is 6.61. The van der Waals surface area contributed by atoms with Crippen LogP contribution in [0.15, 0.2) is 29.2 Å². The summed E-state index contributed by atoms with van der Waals surface area (Å²) in [5, 5.41) is 0. The summed E-state index contributed by atoms with van der Waals surface area (Å²) in [5.41, 5.74) is -0.742. The van der Waals surface area contributed by atoms with Crippen LogP contribution >= 0.6 is 0 Å². The van der Waals surface area contributed by atoms with Crippen molar-refractivity contribution in [1.29, 1.82) is 0 Å². The lowest BCUT2D eigenvalue weighted by molar-refractivity contribution is -0.137. The molecule has 0 spiro atoms. The van der Waals surface area contributed by atoms with E-state index < -0.39 is 21.4 Å². The molecule has 0 bridgehead atoms. The maximum absolute atomic E-state index is 12.5. The Hall–Kier alpha value is -1.01. The van der Waals surface area contributed by atoms with Crippen LogP contribution in [0.5, 0.6) is 0 Å². The SMILES string of the molecule is C=S(=O)(NC1CCCCC1)c1ccc(C(F)(F)F)cc1. The van der Waals surface area contributed by atoms with Gasteiger partial charge in [-0.05, 0) is 43.0 Å². The van der Waals surface area contributed by atoms with E-state index in [-0.39, 0.29) is 6.04 Å². The Bertz CT molecular complexity index is 543. The molecule has 20 heavy (non-hydrogen) atoms. The third kappa shape index (κ3) is 3.76. The lowest BCUT2D eigenvalue weighted by Gasteiger charge is -2.25. The highest BCUT2D eigenvalue weighted by molar-refractivity contribution is 7.98. The molecular formula is C14H18F3NOS. The van der Waals surface area contributed by atoms with Crippen LogP contribution in [0.2, 0.25) is 0 Å². The Morgan fingerprint density at radius 2 is 1.65 bits per heavy atom. The third-order valence-corrected chi connectivity index (χ3v) is 5.27. The van der Waals surface area contributed by atoms with E-state index in [9.17, 15) is 17.4 Å². The minimum absolute atomic E-state index is 0.135. The van der Waals surface area contributed by atoms with Crippen molar-refractivity contribution in [2.75, 3.05) is 0 Å². The maximum Gasteiger partial charge on any atom is 0.416 e. The average Bonchev–Trinajstić information content (AvgIpc) is 2.38. The van der Waals surface area contributed by atoms with Gasteiger partial charge in [-0.2, -0.15) is 13.2 Å². The first kappa shape index (κ1) is 15.4. The second-order valence-electron chi connectivity index (χ2n) is 5.15. The van der Waals surface area contributed by atoms with Crippen molar-refractivity contribution < 1.29 is 17.4 Å². The van der Waals surface area contributed by atoms with E-state index in [0.29, 0.717) is 4.90 Å². The highest BCUT2D eigenvalue weighted by atomic mass is 32.2. The van der Waals surface area contributed by atoms with E-state index in [2.05, 4.69) is 10.6 Å². The Balaban J connectivity index is 2.13. The fourth-order valence-electron chi connectivity index (χ4n) is 2.42. The molecule has 0 aliphatic heterocycles. The lowest BCUT2D eigenvalue weighted by Crippen LogP contribution is -2.36. The predicted molar refractivity (Wildman–Crippen MR) is 75.0 cm³/mol. The number of nitrogens with one attached hydrogen (secondary N) is 1.